The molecular formula is C36H29BrN2O6. The molecule has 45 heavy (non-hydrogen) atoms. The number of hydrogen-bond donors (Lipinski definition) is 1. The lowest BCUT2D eigenvalue weighted by atomic mass is 9.83. The maximum absolute atomic E-state index is 13.1. The van der Waals surface area contributed by atoms with E-state index in [0.717, 1.165) is 21.0 Å². The highest BCUT2D eigenvalue weighted by Crippen LogP contribution is 2.45. The minimum Gasteiger partial charge on any atom is -0.490 e. The molecule has 0 amide bonds. The fraction of sp³-hybridized carbons (Fsp3) is 0.167. The number of nitriles is 1. The van der Waals surface area contributed by atoms with Gasteiger partial charge in [-0.05, 0) is 68.3 Å². The number of halogens is 1. The van der Waals surface area contributed by atoms with Gasteiger partial charge in [-0.15, -0.1) is 0 Å². The van der Waals surface area contributed by atoms with E-state index in [9.17, 15) is 10.1 Å². The van der Waals surface area contributed by atoms with E-state index in [2.05, 4.69) is 22.0 Å². The van der Waals surface area contributed by atoms with Crippen molar-refractivity contribution >= 4 is 32.9 Å². The van der Waals surface area contributed by atoms with Crippen molar-refractivity contribution in [1.29, 1.82) is 5.26 Å². The first kappa shape index (κ1) is 29.9. The molecule has 2 heterocycles. The van der Waals surface area contributed by atoms with Gasteiger partial charge in [0.1, 0.15) is 35.3 Å². The van der Waals surface area contributed by atoms with Crippen LogP contribution in [0.15, 0.2) is 99.2 Å². The second-order valence-electron chi connectivity index (χ2n) is 10.6. The summed E-state index contributed by atoms with van der Waals surface area (Å²) in [6.07, 6.45) is 0. The van der Waals surface area contributed by atoms with Crippen LogP contribution >= 0.6 is 15.9 Å². The lowest BCUT2D eigenvalue weighted by Gasteiger charge is -2.27. The van der Waals surface area contributed by atoms with E-state index >= 15 is 0 Å². The predicted octanol–water partition coefficient (Wildman–Crippen LogP) is 8.23. The van der Waals surface area contributed by atoms with Crippen molar-refractivity contribution in [3.8, 4) is 29.1 Å². The highest BCUT2D eigenvalue weighted by atomic mass is 79.9. The van der Waals surface area contributed by atoms with Gasteiger partial charge in [-0.25, -0.2) is 4.79 Å². The number of aryl methyl sites for hydroxylation is 2. The van der Waals surface area contributed by atoms with Gasteiger partial charge in [0.2, 0.25) is 11.6 Å². The van der Waals surface area contributed by atoms with Crippen LogP contribution < -0.4 is 24.7 Å². The molecule has 0 radical (unpaired) electrons. The molecule has 2 N–H and O–H groups in total. The number of furan rings is 1. The summed E-state index contributed by atoms with van der Waals surface area (Å²) >= 11 is 3.45. The molecule has 9 heteroatoms. The monoisotopic (exact) mass is 664 g/mol. The number of fused-ring (bicyclic) bond motifs is 2. The van der Waals surface area contributed by atoms with Gasteiger partial charge in [0.15, 0.2) is 11.5 Å². The number of rotatable bonds is 8. The van der Waals surface area contributed by atoms with E-state index in [-0.39, 0.29) is 23.0 Å². The summed E-state index contributed by atoms with van der Waals surface area (Å²) in [5, 5.41) is 10.9. The minimum absolute atomic E-state index is 0.0326. The van der Waals surface area contributed by atoms with Crippen LogP contribution in [-0.2, 0) is 6.61 Å². The first-order chi connectivity index (χ1) is 21.7. The number of carbonyl (C=O) groups excluding carboxylic acids is 1. The first-order valence-corrected chi connectivity index (χ1v) is 15.1. The number of carbonyl (C=O) groups is 1. The molecule has 8 nitrogen and oxygen atoms in total. The van der Waals surface area contributed by atoms with E-state index in [1.165, 1.54) is 5.56 Å². The van der Waals surface area contributed by atoms with Gasteiger partial charge >= 0.3 is 5.97 Å². The Labute approximate surface area is 268 Å². The van der Waals surface area contributed by atoms with E-state index < -0.39 is 11.9 Å². The summed E-state index contributed by atoms with van der Waals surface area (Å²) in [5.41, 5.74) is 11.4. The minimum atomic E-state index is -0.643. The topological polar surface area (TPSA) is 117 Å². The average molecular weight is 666 g/mol. The van der Waals surface area contributed by atoms with Crippen molar-refractivity contribution in [3.63, 3.8) is 0 Å². The summed E-state index contributed by atoms with van der Waals surface area (Å²) in [7, 11) is 0. The molecule has 1 atom stereocenters. The summed E-state index contributed by atoms with van der Waals surface area (Å²) < 4.78 is 30.3. The summed E-state index contributed by atoms with van der Waals surface area (Å²) in [5.74, 6) is 0.616. The summed E-state index contributed by atoms with van der Waals surface area (Å²) in [6, 6.07) is 26.4. The number of allylic oxidation sites excluding steroid dienone is 1. The maximum Gasteiger partial charge on any atom is 0.379 e. The molecule has 1 unspecified atom stereocenters. The Bertz CT molecular complexity index is 2010. The van der Waals surface area contributed by atoms with Gasteiger partial charge in [-0.3, -0.25) is 0 Å². The lowest BCUT2D eigenvalue weighted by Crippen LogP contribution is -2.21. The molecule has 0 fully saturated rings. The zero-order valence-electron chi connectivity index (χ0n) is 24.8. The number of esters is 1. The highest BCUT2D eigenvalue weighted by molar-refractivity contribution is 9.10. The Morgan fingerprint density at radius 1 is 0.978 bits per heavy atom. The van der Waals surface area contributed by atoms with Crippen molar-refractivity contribution in [2.24, 2.45) is 5.73 Å². The third-order valence-electron chi connectivity index (χ3n) is 7.60. The molecule has 1 aliphatic heterocycles. The van der Waals surface area contributed by atoms with Crippen LogP contribution in [0.5, 0.6) is 23.0 Å². The molecule has 0 bridgehead atoms. The lowest BCUT2D eigenvalue weighted by molar-refractivity contribution is 0.0702. The fourth-order valence-corrected chi connectivity index (χ4v) is 5.68. The molecule has 4 aromatic carbocycles. The predicted molar refractivity (Wildman–Crippen MR) is 172 cm³/mol. The van der Waals surface area contributed by atoms with Crippen molar-refractivity contribution in [2.45, 2.75) is 33.3 Å². The molecule has 6 rings (SSSR count). The van der Waals surface area contributed by atoms with Crippen LogP contribution in [0, 0.1) is 25.2 Å². The Morgan fingerprint density at radius 2 is 1.78 bits per heavy atom. The number of benzene rings is 4. The number of nitrogens with two attached hydrogens (primary N) is 1. The Balaban J connectivity index is 1.29. The molecule has 0 aliphatic carbocycles. The summed E-state index contributed by atoms with van der Waals surface area (Å²) in [4.78, 5) is 13.1. The fourth-order valence-electron chi connectivity index (χ4n) is 5.32. The van der Waals surface area contributed by atoms with Gasteiger partial charge < -0.3 is 29.1 Å². The van der Waals surface area contributed by atoms with Crippen molar-refractivity contribution in [3.05, 3.63) is 128 Å². The van der Waals surface area contributed by atoms with Crippen LogP contribution in [0.4, 0.5) is 0 Å². The molecule has 0 saturated heterocycles. The Kier molecular flexibility index (Phi) is 8.24. The second kappa shape index (κ2) is 12.4. The average Bonchev–Trinajstić information content (AvgIpc) is 3.36. The Hall–Kier alpha value is -5.20. The molecule has 1 aromatic heterocycles. The molecule has 226 valence electrons. The van der Waals surface area contributed by atoms with Gasteiger partial charge in [0, 0.05) is 27.1 Å². The van der Waals surface area contributed by atoms with Crippen molar-refractivity contribution < 1.29 is 28.2 Å². The van der Waals surface area contributed by atoms with Gasteiger partial charge in [0.05, 0.1) is 12.5 Å². The molecule has 0 saturated carbocycles. The van der Waals surface area contributed by atoms with Crippen LogP contribution in [0.25, 0.3) is 11.0 Å². The largest absolute Gasteiger partial charge is 0.490 e. The van der Waals surface area contributed by atoms with Crippen molar-refractivity contribution in [1.82, 2.24) is 0 Å². The number of nitrogens with zero attached hydrogens (tertiary/aromatic N) is 1. The number of ether oxygens (including phenoxy) is 4. The van der Waals surface area contributed by atoms with Gasteiger partial charge in [0.25, 0.3) is 0 Å². The van der Waals surface area contributed by atoms with Crippen LogP contribution in [0.3, 0.4) is 0 Å². The van der Waals surface area contributed by atoms with Crippen LogP contribution in [0.1, 0.15) is 51.2 Å². The van der Waals surface area contributed by atoms with E-state index in [1.807, 2.05) is 68.4 Å². The van der Waals surface area contributed by atoms with Gasteiger partial charge in [-0.1, -0.05) is 57.9 Å². The standard InChI is InChI=1S/C36H29BrN2O6/c1-4-41-32-15-23(9-13-30(32)42-19-22-7-5-20(2)6-8-22)33-26-12-11-25(17-31(26)45-35(39)28(33)18-38)43-36(40)34-21(3)27-16-24(37)10-14-29(27)44-34/h5-17,33H,4,19,39H2,1-3H3. The zero-order chi connectivity index (χ0) is 31.7. The smallest absolute Gasteiger partial charge is 0.379 e. The van der Waals surface area contributed by atoms with Crippen LogP contribution in [-0.4, -0.2) is 12.6 Å². The van der Waals surface area contributed by atoms with E-state index in [4.69, 9.17) is 29.1 Å². The number of hydrogen-bond acceptors (Lipinski definition) is 8. The zero-order valence-corrected chi connectivity index (χ0v) is 26.4. The third kappa shape index (κ3) is 5.97. The maximum atomic E-state index is 13.1. The Morgan fingerprint density at radius 3 is 2.53 bits per heavy atom. The first-order valence-electron chi connectivity index (χ1n) is 14.3. The normalized spacial score (nSPS) is 14.0. The van der Waals surface area contributed by atoms with Crippen LogP contribution in [0.2, 0.25) is 0 Å². The third-order valence-corrected chi connectivity index (χ3v) is 8.09. The molecular weight excluding hydrogens is 636 g/mol. The highest BCUT2D eigenvalue weighted by Gasteiger charge is 2.32. The second-order valence-corrected chi connectivity index (χ2v) is 11.5. The molecule has 0 spiro atoms. The molecule has 1 aliphatic rings. The van der Waals surface area contributed by atoms with Gasteiger partial charge in [-0.2, -0.15) is 5.26 Å². The van der Waals surface area contributed by atoms with E-state index in [0.29, 0.717) is 47.2 Å². The SMILES string of the molecule is CCOc1cc(C2C(C#N)=C(N)Oc3cc(OC(=O)c4oc5ccc(Br)cc5c4C)ccc32)ccc1OCc1ccc(C)cc1. The quantitative estimate of drug-likeness (QED) is 0.130. The molecule has 5 aromatic rings. The van der Waals surface area contributed by atoms with E-state index in [1.54, 1.807) is 31.2 Å². The summed E-state index contributed by atoms with van der Waals surface area (Å²) in [6.45, 7) is 6.54. The van der Waals surface area contributed by atoms with Crippen molar-refractivity contribution in [2.75, 3.05) is 6.61 Å².